The molecular weight excluding hydrogens is 452 g/mol. The van der Waals surface area contributed by atoms with Gasteiger partial charge in [0.05, 0.1) is 5.39 Å². The lowest BCUT2D eigenvalue weighted by atomic mass is 9.93. The molecule has 0 bridgehead atoms. The van der Waals surface area contributed by atoms with Crippen molar-refractivity contribution in [1.29, 1.82) is 0 Å². The molecule has 0 amide bonds. The van der Waals surface area contributed by atoms with Crippen LogP contribution in [0.25, 0.3) is 22.3 Å². The Bertz CT molecular complexity index is 1370. The minimum Gasteiger partial charge on any atom is -0.504 e. The maximum atomic E-state index is 12.5. The Hall–Kier alpha value is -3.77. The lowest BCUT2D eigenvalue weighted by Gasteiger charge is -2.33. The van der Waals surface area contributed by atoms with Crippen LogP contribution < -0.4 is 10.3 Å². The summed E-state index contributed by atoms with van der Waals surface area (Å²) in [7, 11) is 2.11. The Labute approximate surface area is 211 Å². The van der Waals surface area contributed by atoms with Crippen LogP contribution in [0.15, 0.2) is 82.0 Å². The number of fused-ring (bicyclic) bond motifs is 1. The average Bonchev–Trinajstić information content (AvgIpc) is 2.91. The summed E-state index contributed by atoms with van der Waals surface area (Å²) in [5.41, 5.74) is 2.95. The fourth-order valence-corrected chi connectivity index (χ4v) is 5.00. The first-order valence-electron chi connectivity index (χ1n) is 12.5. The van der Waals surface area contributed by atoms with Crippen molar-refractivity contribution in [3.05, 3.63) is 88.6 Å². The number of phenolic OH excluding ortho intramolecular Hbond substituents is 2. The molecule has 1 aliphatic heterocycles. The molecule has 1 aromatic heterocycles. The zero-order valence-corrected chi connectivity index (χ0v) is 20.6. The Morgan fingerprint density at radius 2 is 1.69 bits per heavy atom. The van der Waals surface area contributed by atoms with Crippen LogP contribution in [-0.4, -0.2) is 41.8 Å². The molecule has 36 heavy (non-hydrogen) atoms. The molecule has 6 heteroatoms. The topological polar surface area (TPSA) is 77.2 Å². The van der Waals surface area contributed by atoms with E-state index in [1.165, 1.54) is 43.0 Å². The maximum Gasteiger partial charge on any atom is 0.201 e. The van der Waals surface area contributed by atoms with Crippen LogP contribution in [0.2, 0.25) is 0 Å². The number of rotatable bonds is 7. The molecule has 0 unspecified atom stereocenters. The molecule has 0 spiro atoms. The molecule has 1 saturated heterocycles. The third kappa shape index (κ3) is 5.24. The van der Waals surface area contributed by atoms with Crippen LogP contribution in [0.3, 0.4) is 0 Å². The molecule has 0 radical (unpaired) electrons. The highest BCUT2D eigenvalue weighted by molar-refractivity contribution is 5.86. The van der Waals surface area contributed by atoms with Crippen molar-refractivity contribution in [2.75, 3.05) is 31.6 Å². The third-order valence-corrected chi connectivity index (χ3v) is 7.27. The molecule has 4 aromatic rings. The van der Waals surface area contributed by atoms with Crippen molar-refractivity contribution < 1.29 is 14.6 Å². The van der Waals surface area contributed by atoms with Gasteiger partial charge in [0.15, 0.2) is 16.8 Å². The van der Waals surface area contributed by atoms with E-state index in [1.54, 1.807) is 0 Å². The second-order valence-electron chi connectivity index (χ2n) is 9.75. The van der Waals surface area contributed by atoms with E-state index in [0.29, 0.717) is 5.76 Å². The number of hydrogen-bond donors (Lipinski definition) is 2. The highest BCUT2D eigenvalue weighted by atomic mass is 16.4. The van der Waals surface area contributed by atoms with Crippen molar-refractivity contribution in [1.82, 2.24) is 4.90 Å². The van der Waals surface area contributed by atoms with E-state index in [0.717, 1.165) is 43.3 Å². The first-order chi connectivity index (χ1) is 17.5. The van der Waals surface area contributed by atoms with Crippen LogP contribution in [-0.2, 0) is 6.54 Å². The quantitative estimate of drug-likeness (QED) is 0.332. The minimum absolute atomic E-state index is 0.00601. The zero-order chi connectivity index (χ0) is 25.1. The van der Waals surface area contributed by atoms with Crippen molar-refractivity contribution in [3.63, 3.8) is 0 Å². The second kappa shape index (κ2) is 10.5. The largest absolute Gasteiger partial charge is 0.504 e. The standard InChI is InChI=1S/C30H32N2O4/c1-31(16-13-21-14-17-32(18-15-21)20-22-5-3-2-4-6-22)24-9-7-23(8-10-24)28-19-27(34)25-11-12-26(33)29(35)30(25)36-28/h2-12,19,21,33,35H,13-18,20H2,1H3. The van der Waals surface area contributed by atoms with Gasteiger partial charge in [0.25, 0.3) is 0 Å². The third-order valence-electron chi connectivity index (χ3n) is 7.27. The molecule has 5 rings (SSSR count). The Kier molecular flexibility index (Phi) is 6.96. The smallest absolute Gasteiger partial charge is 0.201 e. The van der Waals surface area contributed by atoms with E-state index in [2.05, 4.69) is 47.2 Å². The normalized spacial score (nSPS) is 14.8. The predicted octanol–water partition coefficient (Wildman–Crippen LogP) is 5.61. The number of likely N-dealkylation sites (tertiary alicyclic amines) is 1. The van der Waals surface area contributed by atoms with Crippen LogP contribution in [0.1, 0.15) is 24.8 Å². The average molecular weight is 485 g/mol. The van der Waals surface area contributed by atoms with Gasteiger partial charge in [0.1, 0.15) is 5.76 Å². The minimum atomic E-state index is -0.422. The van der Waals surface area contributed by atoms with E-state index in [1.807, 2.05) is 24.3 Å². The molecule has 1 fully saturated rings. The molecule has 186 valence electrons. The summed E-state index contributed by atoms with van der Waals surface area (Å²) >= 11 is 0. The lowest BCUT2D eigenvalue weighted by molar-refractivity contribution is 0.173. The van der Waals surface area contributed by atoms with E-state index in [4.69, 9.17) is 4.42 Å². The first-order valence-corrected chi connectivity index (χ1v) is 12.5. The SMILES string of the molecule is CN(CCC1CCN(Cc2ccccc2)CC1)c1ccc(-c2cc(=O)c3ccc(O)c(O)c3o2)cc1. The van der Waals surface area contributed by atoms with Gasteiger partial charge < -0.3 is 19.5 Å². The van der Waals surface area contributed by atoms with Gasteiger partial charge in [-0.1, -0.05) is 30.3 Å². The van der Waals surface area contributed by atoms with Crippen LogP contribution in [0.4, 0.5) is 5.69 Å². The molecule has 3 aromatic carbocycles. The number of hydrogen-bond acceptors (Lipinski definition) is 6. The fourth-order valence-electron chi connectivity index (χ4n) is 5.00. The monoisotopic (exact) mass is 484 g/mol. The number of anilines is 1. The molecular formula is C30H32N2O4. The lowest BCUT2D eigenvalue weighted by Crippen LogP contribution is -2.34. The van der Waals surface area contributed by atoms with Crippen LogP contribution >= 0.6 is 0 Å². The Morgan fingerprint density at radius 3 is 2.42 bits per heavy atom. The number of benzene rings is 3. The molecule has 0 atom stereocenters. The van der Waals surface area contributed by atoms with Gasteiger partial charge in [0, 0.05) is 37.5 Å². The van der Waals surface area contributed by atoms with Gasteiger partial charge in [-0.3, -0.25) is 9.69 Å². The molecule has 1 aliphatic rings. The Balaban J connectivity index is 1.17. The van der Waals surface area contributed by atoms with Gasteiger partial charge in [-0.2, -0.15) is 0 Å². The molecule has 6 nitrogen and oxygen atoms in total. The zero-order valence-electron chi connectivity index (χ0n) is 20.6. The predicted molar refractivity (Wildman–Crippen MR) is 144 cm³/mol. The fraction of sp³-hybridized carbons (Fsp3) is 0.300. The summed E-state index contributed by atoms with van der Waals surface area (Å²) in [6, 6.07) is 22.7. The molecule has 0 saturated carbocycles. The van der Waals surface area contributed by atoms with Gasteiger partial charge in [0.2, 0.25) is 5.75 Å². The summed E-state index contributed by atoms with van der Waals surface area (Å²) in [6.45, 7) is 4.34. The van der Waals surface area contributed by atoms with Crippen molar-refractivity contribution in [3.8, 4) is 22.8 Å². The number of piperidine rings is 1. The van der Waals surface area contributed by atoms with Gasteiger partial charge in [-0.15, -0.1) is 0 Å². The first kappa shape index (κ1) is 23.9. The van der Waals surface area contributed by atoms with Crippen LogP contribution in [0, 0.1) is 5.92 Å². The summed E-state index contributed by atoms with van der Waals surface area (Å²) in [4.78, 5) is 17.3. The van der Waals surface area contributed by atoms with E-state index >= 15 is 0 Å². The van der Waals surface area contributed by atoms with Gasteiger partial charge in [-0.25, -0.2) is 0 Å². The number of aromatic hydroxyl groups is 2. The maximum absolute atomic E-state index is 12.5. The van der Waals surface area contributed by atoms with Crippen molar-refractivity contribution in [2.24, 2.45) is 5.92 Å². The summed E-state index contributed by atoms with van der Waals surface area (Å²) < 4.78 is 5.79. The van der Waals surface area contributed by atoms with Crippen LogP contribution in [0.5, 0.6) is 11.5 Å². The second-order valence-corrected chi connectivity index (χ2v) is 9.75. The molecule has 2 heterocycles. The number of nitrogens with zero attached hydrogens (tertiary/aromatic N) is 2. The van der Waals surface area contributed by atoms with Crippen molar-refractivity contribution >= 4 is 16.7 Å². The summed E-state index contributed by atoms with van der Waals surface area (Å²) in [5.74, 6) is 0.356. The molecule has 0 aliphatic carbocycles. The van der Waals surface area contributed by atoms with Crippen molar-refractivity contribution in [2.45, 2.75) is 25.8 Å². The number of phenols is 2. The van der Waals surface area contributed by atoms with Gasteiger partial charge >= 0.3 is 0 Å². The van der Waals surface area contributed by atoms with Gasteiger partial charge in [-0.05, 0) is 80.2 Å². The van der Waals surface area contributed by atoms with E-state index < -0.39 is 5.75 Å². The molecule has 2 N–H and O–H groups in total. The highest BCUT2D eigenvalue weighted by Crippen LogP contribution is 2.34. The Morgan fingerprint density at radius 1 is 0.972 bits per heavy atom. The van der Waals surface area contributed by atoms with E-state index in [9.17, 15) is 15.0 Å². The summed E-state index contributed by atoms with van der Waals surface area (Å²) in [6.07, 6.45) is 3.64. The van der Waals surface area contributed by atoms with E-state index in [-0.39, 0.29) is 22.1 Å². The summed E-state index contributed by atoms with van der Waals surface area (Å²) in [5, 5.41) is 20.1. The highest BCUT2D eigenvalue weighted by Gasteiger charge is 2.20.